The zero-order valence-corrected chi connectivity index (χ0v) is 20.5. The van der Waals surface area contributed by atoms with E-state index in [1.165, 1.54) is 75.3 Å². The molecule has 32 heavy (non-hydrogen) atoms. The maximum atomic E-state index is 11.5. The summed E-state index contributed by atoms with van der Waals surface area (Å²) in [6.45, 7) is 9.33. The van der Waals surface area contributed by atoms with Crippen LogP contribution in [0.25, 0.3) is 0 Å². The van der Waals surface area contributed by atoms with E-state index in [0.717, 1.165) is 37.2 Å². The van der Waals surface area contributed by atoms with Crippen molar-refractivity contribution in [1.29, 1.82) is 0 Å². The number of nitrogens with one attached hydrogen (secondary N) is 1. The lowest BCUT2D eigenvalue weighted by molar-refractivity contribution is -0.117. The summed E-state index contributed by atoms with van der Waals surface area (Å²) in [7, 11) is 0. The Labute approximate surface area is 196 Å². The van der Waals surface area contributed by atoms with E-state index in [2.05, 4.69) is 43.1 Å². The van der Waals surface area contributed by atoms with Gasteiger partial charge in [-0.2, -0.15) is 0 Å². The fourth-order valence-electron chi connectivity index (χ4n) is 5.65. The third-order valence-corrected chi connectivity index (χ3v) is 7.78. The van der Waals surface area contributed by atoms with E-state index in [0.29, 0.717) is 18.2 Å². The molecule has 0 radical (unpaired) electrons. The van der Waals surface area contributed by atoms with Crippen molar-refractivity contribution in [1.82, 2.24) is 5.32 Å². The molecule has 3 rings (SSSR count). The molecule has 0 bridgehead atoms. The Balaban J connectivity index is 1.34. The third-order valence-electron chi connectivity index (χ3n) is 7.78. The molecule has 1 N–H and O–H groups in total. The molecule has 2 aliphatic carbocycles. The highest BCUT2D eigenvalue weighted by Gasteiger charge is 2.31. The predicted octanol–water partition coefficient (Wildman–Crippen LogP) is 6.96. The number of amides is 1. The number of rotatable bonds is 11. The summed E-state index contributed by atoms with van der Waals surface area (Å²) in [5.41, 5.74) is 3.47. The maximum Gasteiger partial charge on any atom is 0.246 e. The van der Waals surface area contributed by atoms with Crippen molar-refractivity contribution in [2.45, 2.75) is 103 Å². The average molecular weight is 440 g/mol. The molecule has 0 heterocycles. The Kier molecular flexibility index (Phi) is 10.3. The summed E-state index contributed by atoms with van der Waals surface area (Å²) >= 11 is 0. The van der Waals surface area contributed by atoms with Gasteiger partial charge in [0.25, 0.3) is 0 Å². The summed E-state index contributed by atoms with van der Waals surface area (Å²) in [6, 6.07) is 9.29. The zero-order chi connectivity index (χ0) is 22.8. The van der Waals surface area contributed by atoms with Crippen LogP contribution in [0.3, 0.4) is 0 Å². The predicted molar refractivity (Wildman–Crippen MR) is 134 cm³/mol. The molecule has 1 aromatic rings. The first kappa shape index (κ1) is 25.0. The second-order valence-corrected chi connectivity index (χ2v) is 10.3. The number of hydrogen-bond donors (Lipinski definition) is 1. The van der Waals surface area contributed by atoms with Crippen LogP contribution in [-0.2, 0) is 16.0 Å². The first-order chi connectivity index (χ1) is 15.6. The van der Waals surface area contributed by atoms with Gasteiger partial charge < -0.3 is 10.1 Å². The molecule has 3 heteroatoms. The van der Waals surface area contributed by atoms with Crippen LogP contribution in [0, 0.1) is 11.8 Å². The van der Waals surface area contributed by atoms with Gasteiger partial charge in [-0.25, -0.2) is 0 Å². The normalized spacial score (nSPS) is 25.9. The van der Waals surface area contributed by atoms with Crippen LogP contribution < -0.4 is 5.32 Å². The number of unbranched alkanes of at least 4 members (excludes halogenated alkanes) is 1. The number of carbonyl (C=O) groups excluding carboxylic acids is 1. The standard InChI is InChI=1S/C29H45NO2/c1-4-5-21-32-28-18-16-27(17-19-28)26-14-12-25(13-15-26)24-10-8-23(9-11-24)7-6-20-30-29(31)22(2)3/h8-11,25-28H,2,4-7,12-21H2,1,3H3,(H,30,31). The molecule has 0 spiro atoms. The van der Waals surface area contributed by atoms with E-state index < -0.39 is 0 Å². The Hall–Kier alpha value is -1.61. The van der Waals surface area contributed by atoms with Crippen molar-refractivity contribution < 1.29 is 9.53 Å². The van der Waals surface area contributed by atoms with E-state index in [-0.39, 0.29) is 5.91 Å². The fraction of sp³-hybridized carbons (Fsp3) is 0.690. The molecule has 2 aliphatic rings. The molecule has 0 aromatic heterocycles. The number of aryl methyl sites for hydroxylation is 1. The van der Waals surface area contributed by atoms with Crippen molar-refractivity contribution in [3.05, 3.63) is 47.5 Å². The van der Waals surface area contributed by atoms with E-state index in [9.17, 15) is 4.79 Å². The third kappa shape index (κ3) is 7.76. The second kappa shape index (κ2) is 13.2. The molecule has 0 saturated heterocycles. The Morgan fingerprint density at radius 1 is 0.969 bits per heavy atom. The first-order valence-electron chi connectivity index (χ1n) is 13.2. The van der Waals surface area contributed by atoms with Gasteiger partial charge in [0.2, 0.25) is 5.91 Å². The molecule has 178 valence electrons. The molecule has 0 atom stereocenters. The number of carbonyl (C=O) groups is 1. The lowest BCUT2D eigenvalue weighted by Gasteiger charge is -2.38. The van der Waals surface area contributed by atoms with Crippen LogP contribution in [0.1, 0.15) is 102 Å². The van der Waals surface area contributed by atoms with Crippen molar-refractivity contribution in [3.63, 3.8) is 0 Å². The van der Waals surface area contributed by atoms with Gasteiger partial charge in [-0.05, 0) is 106 Å². The SMILES string of the molecule is C=C(C)C(=O)NCCCc1ccc(C2CCC(C3CCC(OCCCC)CC3)CC2)cc1. The first-order valence-corrected chi connectivity index (χ1v) is 13.2. The zero-order valence-electron chi connectivity index (χ0n) is 20.5. The van der Waals surface area contributed by atoms with Crippen molar-refractivity contribution in [3.8, 4) is 0 Å². The topological polar surface area (TPSA) is 38.3 Å². The van der Waals surface area contributed by atoms with E-state index in [1.54, 1.807) is 6.92 Å². The van der Waals surface area contributed by atoms with Crippen LogP contribution in [-0.4, -0.2) is 25.2 Å². The molecule has 3 nitrogen and oxygen atoms in total. The van der Waals surface area contributed by atoms with Gasteiger partial charge in [-0.15, -0.1) is 0 Å². The van der Waals surface area contributed by atoms with Gasteiger partial charge >= 0.3 is 0 Å². The van der Waals surface area contributed by atoms with E-state index >= 15 is 0 Å². The Morgan fingerprint density at radius 3 is 2.19 bits per heavy atom. The summed E-state index contributed by atoms with van der Waals surface area (Å²) in [4.78, 5) is 11.5. The highest BCUT2D eigenvalue weighted by Crippen LogP contribution is 2.43. The average Bonchev–Trinajstić information content (AvgIpc) is 2.83. The summed E-state index contributed by atoms with van der Waals surface area (Å²) < 4.78 is 6.07. The molecule has 0 unspecified atom stereocenters. The lowest BCUT2D eigenvalue weighted by atomic mass is 9.69. The highest BCUT2D eigenvalue weighted by molar-refractivity contribution is 5.91. The minimum Gasteiger partial charge on any atom is -0.378 e. The van der Waals surface area contributed by atoms with E-state index in [4.69, 9.17) is 4.74 Å². The van der Waals surface area contributed by atoms with Gasteiger partial charge in [0.15, 0.2) is 0 Å². The molecular formula is C29H45NO2. The Bertz CT molecular complexity index is 694. The number of hydrogen-bond acceptors (Lipinski definition) is 2. The molecular weight excluding hydrogens is 394 g/mol. The van der Waals surface area contributed by atoms with Crippen molar-refractivity contribution in [2.75, 3.05) is 13.2 Å². The monoisotopic (exact) mass is 439 g/mol. The molecule has 1 amide bonds. The van der Waals surface area contributed by atoms with Crippen molar-refractivity contribution >= 4 is 5.91 Å². The van der Waals surface area contributed by atoms with Gasteiger partial charge in [-0.1, -0.05) is 44.2 Å². The fourth-order valence-corrected chi connectivity index (χ4v) is 5.65. The largest absolute Gasteiger partial charge is 0.378 e. The molecule has 2 saturated carbocycles. The molecule has 1 aromatic carbocycles. The number of benzene rings is 1. The highest BCUT2D eigenvalue weighted by atomic mass is 16.5. The maximum absolute atomic E-state index is 11.5. The van der Waals surface area contributed by atoms with Crippen LogP contribution >= 0.6 is 0 Å². The number of ether oxygens (including phenoxy) is 1. The van der Waals surface area contributed by atoms with Gasteiger partial charge in [0.1, 0.15) is 0 Å². The van der Waals surface area contributed by atoms with Gasteiger partial charge in [0.05, 0.1) is 6.10 Å². The summed E-state index contributed by atoms with van der Waals surface area (Å²) in [5.74, 6) is 2.58. The van der Waals surface area contributed by atoms with Crippen LogP contribution in [0.5, 0.6) is 0 Å². The Morgan fingerprint density at radius 2 is 1.59 bits per heavy atom. The van der Waals surface area contributed by atoms with E-state index in [1.807, 2.05) is 0 Å². The minimum atomic E-state index is -0.0377. The van der Waals surface area contributed by atoms with Gasteiger partial charge in [0, 0.05) is 18.7 Å². The quantitative estimate of drug-likeness (QED) is 0.299. The summed E-state index contributed by atoms with van der Waals surface area (Å²) in [5, 5.41) is 2.91. The van der Waals surface area contributed by atoms with Crippen LogP contribution in [0.15, 0.2) is 36.4 Å². The second-order valence-electron chi connectivity index (χ2n) is 10.3. The molecule has 0 aliphatic heterocycles. The van der Waals surface area contributed by atoms with Crippen LogP contribution in [0.2, 0.25) is 0 Å². The van der Waals surface area contributed by atoms with Crippen LogP contribution in [0.4, 0.5) is 0 Å². The minimum absolute atomic E-state index is 0.0377. The summed E-state index contributed by atoms with van der Waals surface area (Å²) in [6.07, 6.45) is 15.8. The smallest absolute Gasteiger partial charge is 0.246 e. The van der Waals surface area contributed by atoms with Gasteiger partial charge in [-0.3, -0.25) is 4.79 Å². The lowest BCUT2D eigenvalue weighted by Crippen LogP contribution is -2.28. The molecule has 2 fully saturated rings. The van der Waals surface area contributed by atoms with Crippen molar-refractivity contribution in [2.24, 2.45) is 11.8 Å².